The van der Waals surface area contributed by atoms with Crippen molar-refractivity contribution >= 4 is 11.8 Å². The molecule has 0 aromatic heterocycles. The summed E-state index contributed by atoms with van der Waals surface area (Å²) in [5, 5.41) is 0. The predicted octanol–water partition coefficient (Wildman–Crippen LogP) is 5.24. The molecule has 0 bridgehead atoms. The second-order valence-corrected chi connectivity index (χ2v) is 6.16. The van der Waals surface area contributed by atoms with Crippen molar-refractivity contribution in [3.8, 4) is 0 Å². The minimum Gasteiger partial charge on any atom is -0.126 e. The summed E-state index contributed by atoms with van der Waals surface area (Å²) in [5.41, 5.74) is 0.469. The molecular formula is C15H24S. The van der Waals surface area contributed by atoms with Crippen LogP contribution < -0.4 is 0 Å². The van der Waals surface area contributed by atoms with Crippen molar-refractivity contribution in [1.29, 1.82) is 0 Å². The average Bonchev–Trinajstić information content (AvgIpc) is 2.31. The van der Waals surface area contributed by atoms with Gasteiger partial charge in [-0.25, -0.2) is 0 Å². The normalized spacial score (nSPS) is 13.8. The minimum absolute atomic E-state index is 0.469. The molecule has 0 nitrogen and oxygen atoms in total. The smallest absolute Gasteiger partial charge is 0.00720 e. The number of hydrogen-bond acceptors (Lipinski definition) is 1. The Balaban J connectivity index is 2.53. The van der Waals surface area contributed by atoms with Gasteiger partial charge in [-0.15, -0.1) is 11.8 Å². The highest BCUT2D eigenvalue weighted by Crippen LogP contribution is 2.36. The van der Waals surface area contributed by atoms with Gasteiger partial charge in [-0.2, -0.15) is 0 Å². The van der Waals surface area contributed by atoms with E-state index in [9.17, 15) is 0 Å². The van der Waals surface area contributed by atoms with Crippen LogP contribution in [0.2, 0.25) is 0 Å². The summed E-state index contributed by atoms with van der Waals surface area (Å²) < 4.78 is 0. The van der Waals surface area contributed by atoms with E-state index in [2.05, 4.69) is 58.0 Å². The topological polar surface area (TPSA) is 0 Å². The predicted molar refractivity (Wildman–Crippen MR) is 75.0 cm³/mol. The quantitative estimate of drug-likeness (QED) is 0.609. The first-order chi connectivity index (χ1) is 7.60. The van der Waals surface area contributed by atoms with Crippen LogP contribution in [0.25, 0.3) is 0 Å². The van der Waals surface area contributed by atoms with Gasteiger partial charge in [-0.1, -0.05) is 58.7 Å². The van der Waals surface area contributed by atoms with Crippen LogP contribution >= 0.6 is 11.8 Å². The molecule has 90 valence electrons. The third kappa shape index (κ3) is 3.86. The van der Waals surface area contributed by atoms with Crippen LogP contribution in [0.4, 0.5) is 0 Å². The maximum atomic E-state index is 2.40. The van der Waals surface area contributed by atoms with Crippen molar-refractivity contribution in [2.75, 3.05) is 5.75 Å². The van der Waals surface area contributed by atoms with Crippen LogP contribution in [0, 0.1) is 11.3 Å². The third-order valence-corrected chi connectivity index (χ3v) is 4.88. The van der Waals surface area contributed by atoms with E-state index in [-0.39, 0.29) is 0 Å². The Hall–Kier alpha value is -0.430. The lowest BCUT2D eigenvalue weighted by Gasteiger charge is -2.32. The zero-order valence-electron chi connectivity index (χ0n) is 11.0. The Labute approximate surface area is 105 Å². The summed E-state index contributed by atoms with van der Waals surface area (Å²) >= 11 is 2.00. The van der Waals surface area contributed by atoms with Gasteiger partial charge in [0.2, 0.25) is 0 Å². The Bertz CT molecular complexity index is 290. The largest absolute Gasteiger partial charge is 0.126 e. The molecule has 16 heavy (non-hydrogen) atoms. The molecule has 0 aliphatic rings. The SMILES string of the molecule is CC[C@H](CSc1ccccc1)C(C)(C)CC. The zero-order valence-corrected chi connectivity index (χ0v) is 11.8. The lowest BCUT2D eigenvalue weighted by molar-refractivity contribution is 0.220. The van der Waals surface area contributed by atoms with E-state index in [0.29, 0.717) is 5.41 Å². The zero-order chi connectivity index (χ0) is 12.0. The van der Waals surface area contributed by atoms with Crippen molar-refractivity contribution in [2.45, 2.75) is 45.4 Å². The van der Waals surface area contributed by atoms with Crippen LogP contribution in [0.15, 0.2) is 35.2 Å². The van der Waals surface area contributed by atoms with E-state index >= 15 is 0 Å². The average molecular weight is 236 g/mol. The number of thioether (sulfide) groups is 1. The van der Waals surface area contributed by atoms with Crippen LogP contribution in [0.5, 0.6) is 0 Å². The molecule has 1 aromatic carbocycles. The van der Waals surface area contributed by atoms with E-state index in [4.69, 9.17) is 0 Å². The fraction of sp³-hybridized carbons (Fsp3) is 0.600. The molecular weight excluding hydrogens is 212 g/mol. The van der Waals surface area contributed by atoms with Crippen LogP contribution in [0.3, 0.4) is 0 Å². The maximum Gasteiger partial charge on any atom is 0.00720 e. The Morgan fingerprint density at radius 3 is 2.25 bits per heavy atom. The van der Waals surface area contributed by atoms with Gasteiger partial charge in [0.05, 0.1) is 0 Å². The van der Waals surface area contributed by atoms with Crippen molar-refractivity contribution in [1.82, 2.24) is 0 Å². The molecule has 0 radical (unpaired) electrons. The van der Waals surface area contributed by atoms with Crippen LogP contribution in [-0.2, 0) is 0 Å². The summed E-state index contributed by atoms with van der Waals surface area (Å²) in [6.45, 7) is 9.41. The first kappa shape index (κ1) is 13.6. The van der Waals surface area contributed by atoms with E-state index in [0.717, 1.165) is 5.92 Å². The van der Waals surface area contributed by atoms with Gasteiger partial charge in [-0.05, 0) is 23.5 Å². The summed E-state index contributed by atoms with van der Waals surface area (Å²) in [5.74, 6) is 2.05. The lowest BCUT2D eigenvalue weighted by Crippen LogP contribution is -2.24. The van der Waals surface area contributed by atoms with Crippen molar-refractivity contribution in [3.05, 3.63) is 30.3 Å². The second kappa shape index (κ2) is 6.34. The van der Waals surface area contributed by atoms with E-state index in [1.165, 1.54) is 23.5 Å². The standard InChI is InChI=1S/C15H24S/c1-5-13(15(3,4)6-2)12-16-14-10-8-7-9-11-14/h7-11,13H,5-6,12H2,1-4H3/t13-/m1/s1. The van der Waals surface area contributed by atoms with Gasteiger partial charge in [0, 0.05) is 10.6 Å². The molecule has 0 aliphatic carbocycles. The molecule has 1 rings (SSSR count). The van der Waals surface area contributed by atoms with Gasteiger partial charge in [0.1, 0.15) is 0 Å². The van der Waals surface area contributed by atoms with Crippen LogP contribution in [-0.4, -0.2) is 5.75 Å². The Kier molecular flexibility index (Phi) is 5.40. The molecule has 1 atom stereocenters. The third-order valence-electron chi connectivity index (χ3n) is 3.70. The Morgan fingerprint density at radius 2 is 1.75 bits per heavy atom. The highest BCUT2D eigenvalue weighted by Gasteiger charge is 2.25. The van der Waals surface area contributed by atoms with Crippen molar-refractivity contribution in [3.63, 3.8) is 0 Å². The molecule has 0 heterocycles. The maximum absolute atomic E-state index is 2.40. The molecule has 0 saturated heterocycles. The van der Waals surface area contributed by atoms with E-state index in [1.54, 1.807) is 0 Å². The Morgan fingerprint density at radius 1 is 1.12 bits per heavy atom. The summed E-state index contributed by atoms with van der Waals surface area (Å²) in [6.07, 6.45) is 2.54. The summed E-state index contributed by atoms with van der Waals surface area (Å²) in [6, 6.07) is 10.7. The lowest BCUT2D eigenvalue weighted by atomic mass is 9.76. The highest BCUT2D eigenvalue weighted by molar-refractivity contribution is 7.99. The van der Waals surface area contributed by atoms with Gasteiger partial charge in [0.25, 0.3) is 0 Å². The fourth-order valence-electron chi connectivity index (χ4n) is 1.90. The van der Waals surface area contributed by atoms with E-state index in [1.807, 2.05) is 11.8 Å². The van der Waals surface area contributed by atoms with Gasteiger partial charge in [0.15, 0.2) is 0 Å². The first-order valence-electron chi connectivity index (χ1n) is 6.28. The molecule has 0 N–H and O–H groups in total. The molecule has 0 saturated carbocycles. The first-order valence-corrected chi connectivity index (χ1v) is 7.26. The number of hydrogen-bond donors (Lipinski definition) is 0. The van der Waals surface area contributed by atoms with E-state index < -0.39 is 0 Å². The molecule has 1 aromatic rings. The van der Waals surface area contributed by atoms with Crippen molar-refractivity contribution in [2.24, 2.45) is 11.3 Å². The van der Waals surface area contributed by atoms with Crippen LogP contribution in [0.1, 0.15) is 40.5 Å². The fourth-order valence-corrected chi connectivity index (χ4v) is 3.33. The minimum atomic E-state index is 0.469. The highest BCUT2D eigenvalue weighted by atomic mass is 32.2. The molecule has 0 amide bonds. The van der Waals surface area contributed by atoms with Gasteiger partial charge < -0.3 is 0 Å². The molecule has 1 heteroatoms. The number of rotatable bonds is 6. The molecule has 0 spiro atoms. The summed E-state index contributed by atoms with van der Waals surface area (Å²) in [4.78, 5) is 1.40. The van der Waals surface area contributed by atoms with Gasteiger partial charge >= 0.3 is 0 Å². The molecule has 0 aliphatic heterocycles. The monoisotopic (exact) mass is 236 g/mol. The van der Waals surface area contributed by atoms with Gasteiger partial charge in [-0.3, -0.25) is 0 Å². The second-order valence-electron chi connectivity index (χ2n) is 5.07. The molecule has 0 unspecified atom stereocenters. The van der Waals surface area contributed by atoms with Crippen molar-refractivity contribution < 1.29 is 0 Å². The summed E-state index contributed by atoms with van der Waals surface area (Å²) in [7, 11) is 0. The number of benzene rings is 1. The molecule has 0 fully saturated rings.